The molecule has 70 valence electrons. The minimum atomic E-state index is 0.0909. The van der Waals surface area contributed by atoms with E-state index in [1.54, 1.807) is 0 Å². The molecule has 0 saturated heterocycles. The van der Waals surface area contributed by atoms with E-state index in [9.17, 15) is 0 Å². The molecule has 0 bridgehead atoms. The first-order valence-corrected chi connectivity index (χ1v) is 4.28. The molecule has 0 radical (unpaired) electrons. The van der Waals surface area contributed by atoms with E-state index < -0.39 is 0 Å². The monoisotopic (exact) mass is 178 g/mol. The van der Waals surface area contributed by atoms with Gasteiger partial charge in [-0.05, 0) is 5.56 Å². The van der Waals surface area contributed by atoms with Crippen LogP contribution in [0.1, 0.15) is 12.0 Å². The van der Waals surface area contributed by atoms with Crippen LogP contribution in [0, 0.1) is 0 Å². The number of aliphatic hydroxyl groups is 1. The first kappa shape index (κ1) is 9.81. The highest BCUT2D eigenvalue weighted by Gasteiger charge is 1.94. The summed E-state index contributed by atoms with van der Waals surface area (Å²) in [5.74, 6) is 0.631. The van der Waals surface area contributed by atoms with Crippen molar-refractivity contribution in [2.75, 3.05) is 6.61 Å². The number of hydrogen-bond donors (Lipinski definition) is 1. The number of aliphatic hydroxyl groups excluding tert-OH is 1. The quantitative estimate of drug-likeness (QED) is 0.700. The molecule has 1 aromatic rings. The summed E-state index contributed by atoms with van der Waals surface area (Å²) in [7, 11) is 0. The van der Waals surface area contributed by atoms with E-state index in [1.807, 2.05) is 30.3 Å². The van der Waals surface area contributed by atoms with Crippen LogP contribution in [0.4, 0.5) is 0 Å². The largest absolute Gasteiger partial charge is 0.494 e. The third-order valence-electron chi connectivity index (χ3n) is 1.68. The van der Waals surface area contributed by atoms with Crippen LogP contribution in [0.5, 0.6) is 0 Å². The second kappa shape index (κ2) is 5.38. The van der Waals surface area contributed by atoms with Gasteiger partial charge in [0.1, 0.15) is 6.61 Å². The lowest BCUT2D eigenvalue weighted by molar-refractivity contribution is 0.172. The third-order valence-corrected chi connectivity index (χ3v) is 1.68. The SMILES string of the molecule is C=C(CCO)OCc1ccccc1. The van der Waals surface area contributed by atoms with Crippen LogP contribution in [0.25, 0.3) is 0 Å². The average Bonchev–Trinajstić information content (AvgIpc) is 2.17. The maximum atomic E-state index is 8.59. The van der Waals surface area contributed by atoms with E-state index >= 15 is 0 Å². The zero-order chi connectivity index (χ0) is 9.52. The zero-order valence-corrected chi connectivity index (χ0v) is 7.57. The molecule has 0 aliphatic carbocycles. The summed E-state index contributed by atoms with van der Waals surface area (Å²) in [4.78, 5) is 0. The van der Waals surface area contributed by atoms with Gasteiger partial charge in [0, 0.05) is 6.42 Å². The summed E-state index contributed by atoms with van der Waals surface area (Å²) >= 11 is 0. The van der Waals surface area contributed by atoms with E-state index in [1.165, 1.54) is 0 Å². The van der Waals surface area contributed by atoms with Crippen molar-refractivity contribution in [1.82, 2.24) is 0 Å². The highest BCUT2D eigenvalue weighted by atomic mass is 16.5. The van der Waals surface area contributed by atoms with Gasteiger partial charge in [0.15, 0.2) is 0 Å². The molecular weight excluding hydrogens is 164 g/mol. The fourth-order valence-electron chi connectivity index (χ4n) is 0.957. The van der Waals surface area contributed by atoms with Gasteiger partial charge in [-0.3, -0.25) is 0 Å². The van der Waals surface area contributed by atoms with Crippen LogP contribution >= 0.6 is 0 Å². The smallest absolute Gasteiger partial charge is 0.113 e. The normalized spacial score (nSPS) is 9.62. The standard InChI is InChI=1S/C11H14O2/c1-10(7-8-12)13-9-11-5-3-2-4-6-11/h2-6,12H,1,7-9H2. The van der Waals surface area contributed by atoms with Crippen molar-refractivity contribution in [1.29, 1.82) is 0 Å². The minimum Gasteiger partial charge on any atom is -0.494 e. The molecule has 0 heterocycles. The van der Waals surface area contributed by atoms with Gasteiger partial charge in [-0.1, -0.05) is 36.9 Å². The molecule has 0 amide bonds. The maximum absolute atomic E-state index is 8.59. The summed E-state index contributed by atoms with van der Waals surface area (Å²) in [5.41, 5.74) is 1.11. The fourth-order valence-corrected chi connectivity index (χ4v) is 0.957. The Labute approximate surface area is 78.5 Å². The fraction of sp³-hybridized carbons (Fsp3) is 0.273. The van der Waals surface area contributed by atoms with Crippen LogP contribution < -0.4 is 0 Å². The van der Waals surface area contributed by atoms with Crippen LogP contribution in [0.3, 0.4) is 0 Å². The Kier molecular flexibility index (Phi) is 4.06. The molecule has 0 fully saturated rings. The van der Waals surface area contributed by atoms with E-state index in [4.69, 9.17) is 9.84 Å². The van der Waals surface area contributed by atoms with Crippen molar-refractivity contribution < 1.29 is 9.84 Å². The molecule has 1 rings (SSSR count). The number of rotatable bonds is 5. The Morgan fingerprint density at radius 1 is 1.31 bits per heavy atom. The van der Waals surface area contributed by atoms with E-state index in [0.717, 1.165) is 5.56 Å². The summed E-state index contributed by atoms with van der Waals surface area (Å²) in [6.07, 6.45) is 0.507. The van der Waals surface area contributed by atoms with Crippen molar-refractivity contribution in [3.63, 3.8) is 0 Å². The molecule has 0 spiro atoms. The Morgan fingerprint density at radius 3 is 2.62 bits per heavy atom. The Hall–Kier alpha value is -1.28. The van der Waals surface area contributed by atoms with Gasteiger partial charge in [0.05, 0.1) is 12.4 Å². The lowest BCUT2D eigenvalue weighted by atomic mass is 10.2. The zero-order valence-electron chi connectivity index (χ0n) is 7.57. The summed E-state index contributed by atoms with van der Waals surface area (Å²) < 4.78 is 5.31. The summed E-state index contributed by atoms with van der Waals surface area (Å²) in [6, 6.07) is 9.88. The van der Waals surface area contributed by atoms with Crippen LogP contribution in [-0.2, 0) is 11.3 Å². The molecular formula is C11H14O2. The molecule has 0 unspecified atom stereocenters. The van der Waals surface area contributed by atoms with Gasteiger partial charge in [0.25, 0.3) is 0 Å². The van der Waals surface area contributed by atoms with Crippen molar-refractivity contribution in [2.45, 2.75) is 13.0 Å². The van der Waals surface area contributed by atoms with Gasteiger partial charge < -0.3 is 9.84 Å². The summed E-state index contributed by atoms with van der Waals surface area (Å²) in [5, 5.41) is 8.59. The Bertz CT molecular complexity index is 254. The highest BCUT2D eigenvalue weighted by Crippen LogP contribution is 2.06. The third kappa shape index (κ3) is 3.76. The molecule has 0 saturated carbocycles. The number of ether oxygens (including phenoxy) is 1. The van der Waals surface area contributed by atoms with Gasteiger partial charge in [0.2, 0.25) is 0 Å². The van der Waals surface area contributed by atoms with Crippen molar-refractivity contribution in [3.8, 4) is 0 Å². The molecule has 0 aliphatic rings. The maximum Gasteiger partial charge on any atom is 0.113 e. The average molecular weight is 178 g/mol. The molecule has 1 aromatic carbocycles. The van der Waals surface area contributed by atoms with Gasteiger partial charge in [-0.25, -0.2) is 0 Å². The first-order valence-electron chi connectivity index (χ1n) is 4.28. The van der Waals surface area contributed by atoms with Crippen LogP contribution in [0.2, 0.25) is 0 Å². The van der Waals surface area contributed by atoms with Gasteiger partial charge in [-0.15, -0.1) is 0 Å². The number of benzene rings is 1. The van der Waals surface area contributed by atoms with Gasteiger partial charge in [-0.2, -0.15) is 0 Å². The molecule has 0 aliphatic heterocycles. The van der Waals surface area contributed by atoms with Gasteiger partial charge >= 0.3 is 0 Å². The minimum absolute atomic E-state index is 0.0909. The molecule has 2 heteroatoms. The van der Waals surface area contributed by atoms with Crippen LogP contribution in [0.15, 0.2) is 42.7 Å². The molecule has 13 heavy (non-hydrogen) atoms. The number of hydrogen-bond acceptors (Lipinski definition) is 2. The topological polar surface area (TPSA) is 29.5 Å². The first-order chi connectivity index (χ1) is 6.33. The van der Waals surface area contributed by atoms with Crippen molar-refractivity contribution >= 4 is 0 Å². The molecule has 1 N–H and O–H groups in total. The predicted octanol–water partition coefficient (Wildman–Crippen LogP) is 2.10. The van der Waals surface area contributed by atoms with E-state index in [2.05, 4.69) is 6.58 Å². The Balaban J connectivity index is 2.31. The molecule has 2 nitrogen and oxygen atoms in total. The predicted molar refractivity (Wildman–Crippen MR) is 52.1 cm³/mol. The van der Waals surface area contributed by atoms with E-state index in [0.29, 0.717) is 18.8 Å². The molecule has 0 atom stereocenters. The Morgan fingerprint density at radius 2 is 2.00 bits per heavy atom. The lowest BCUT2D eigenvalue weighted by Gasteiger charge is -2.07. The van der Waals surface area contributed by atoms with E-state index in [-0.39, 0.29) is 6.61 Å². The van der Waals surface area contributed by atoms with Crippen molar-refractivity contribution in [2.24, 2.45) is 0 Å². The molecule has 0 aromatic heterocycles. The van der Waals surface area contributed by atoms with Crippen molar-refractivity contribution in [3.05, 3.63) is 48.2 Å². The lowest BCUT2D eigenvalue weighted by Crippen LogP contribution is -1.94. The highest BCUT2D eigenvalue weighted by molar-refractivity contribution is 5.13. The second-order valence-corrected chi connectivity index (χ2v) is 2.79. The van der Waals surface area contributed by atoms with Crippen LogP contribution in [-0.4, -0.2) is 11.7 Å². The second-order valence-electron chi connectivity index (χ2n) is 2.79. The summed E-state index contributed by atoms with van der Waals surface area (Å²) in [6.45, 7) is 4.30.